The number of aliphatic hydroxyl groups excluding tert-OH is 1. The van der Waals surface area contributed by atoms with Crippen molar-refractivity contribution in [3.05, 3.63) is 100 Å². The Kier molecular flexibility index (Phi) is 7.38. The van der Waals surface area contributed by atoms with Crippen LogP contribution >= 0.6 is 0 Å². The molecule has 1 amide bonds. The second-order valence-corrected chi connectivity index (χ2v) is 13.5. The number of carbonyl (C=O) groups is 1. The molecule has 7 rings (SSSR count). The number of amides is 1. The van der Waals surface area contributed by atoms with Gasteiger partial charge in [-0.3, -0.25) is 9.78 Å². The van der Waals surface area contributed by atoms with Crippen LogP contribution in [0.4, 0.5) is 0 Å². The van der Waals surface area contributed by atoms with E-state index in [2.05, 4.69) is 65.3 Å². The van der Waals surface area contributed by atoms with Crippen molar-refractivity contribution in [2.24, 2.45) is 14.1 Å². The first-order valence-electron chi connectivity index (χ1n) is 16.5. The van der Waals surface area contributed by atoms with Gasteiger partial charge in [-0.15, -0.1) is 0 Å². The quantitative estimate of drug-likeness (QED) is 0.142. The summed E-state index contributed by atoms with van der Waals surface area (Å²) in [6.07, 6.45) is 9.53. The molecule has 46 heavy (non-hydrogen) atoms. The summed E-state index contributed by atoms with van der Waals surface area (Å²) in [6, 6.07) is 16.6. The number of carbonyl (C=O) groups excluding carboxylic acids is 1. The minimum absolute atomic E-state index is 0.0590. The Morgan fingerprint density at radius 1 is 0.978 bits per heavy atom. The Hall–Kier alpha value is -4.65. The highest BCUT2D eigenvalue weighted by Gasteiger charge is 2.44. The van der Waals surface area contributed by atoms with Gasteiger partial charge >= 0.3 is 0 Å². The molecule has 0 saturated heterocycles. The smallest absolute Gasteiger partial charge is 0.252 e. The van der Waals surface area contributed by atoms with Crippen LogP contribution in [0, 0.1) is 13.8 Å². The van der Waals surface area contributed by atoms with Crippen LogP contribution in [0.5, 0.6) is 0 Å². The normalized spacial score (nSPS) is 16.7. The number of aryl methyl sites for hydroxylation is 4. The van der Waals surface area contributed by atoms with E-state index >= 15 is 0 Å². The molecule has 2 N–H and O–H groups in total. The van der Waals surface area contributed by atoms with Crippen LogP contribution in [0.2, 0.25) is 0 Å². The number of allylic oxidation sites excluding steroid dienone is 1. The fourth-order valence-corrected chi connectivity index (χ4v) is 7.78. The standard InChI is InChI=1S/C39H43N5O2/c1-23(26(4)45)20-27-13-17-32-34(21-27)44(6)38(41-32)39(18-9-19-39)42-37(46)29-14-16-31-33(22-29)43(5)36(35(31)28-10-7-8-11-28)30-15-12-24(2)40-25(30)3/h12-17,20-22,28,45H,4,7-11,18-19H2,1-3,5-6H3,(H,42,46)/b23-20+. The van der Waals surface area contributed by atoms with Crippen LogP contribution in [0.1, 0.15) is 96.5 Å². The zero-order valence-corrected chi connectivity index (χ0v) is 27.6. The Morgan fingerprint density at radius 2 is 1.74 bits per heavy atom. The summed E-state index contributed by atoms with van der Waals surface area (Å²) >= 11 is 0. The van der Waals surface area contributed by atoms with Gasteiger partial charge in [0.05, 0.1) is 22.3 Å². The molecule has 236 valence electrons. The second kappa shape index (κ2) is 11.3. The van der Waals surface area contributed by atoms with E-state index in [4.69, 9.17) is 9.97 Å². The second-order valence-electron chi connectivity index (χ2n) is 13.5. The van der Waals surface area contributed by atoms with Crippen LogP contribution in [0.25, 0.3) is 39.3 Å². The molecule has 0 unspecified atom stereocenters. The third-order valence-corrected chi connectivity index (χ3v) is 10.5. The molecule has 0 aliphatic heterocycles. The van der Waals surface area contributed by atoms with E-state index in [9.17, 15) is 9.90 Å². The van der Waals surface area contributed by atoms with Gasteiger partial charge in [0.15, 0.2) is 0 Å². The third kappa shape index (κ3) is 4.93. The lowest BCUT2D eigenvalue weighted by Crippen LogP contribution is -2.52. The molecule has 7 heteroatoms. The molecule has 2 fully saturated rings. The number of fused-ring (bicyclic) bond motifs is 2. The molecule has 7 nitrogen and oxygen atoms in total. The van der Waals surface area contributed by atoms with Gasteiger partial charge < -0.3 is 19.6 Å². The van der Waals surface area contributed by atoms with Crippen molar-refractivity contribution in [2.75, 3.05) is 0 Å². The van der Waals surface area contributed by atoms with Gasteiger partial charge in [0, 0.05) is 47.5 Å². The maximum atomic E-state index is 14.0. The zero-order chi connectivity index (χ0) is 32.3. The first-order chi connectivity index (χ1) is 22.1. The van der Waals surface area contributed by atoms with E-state index < -0.39 is 5.54 Å². The molecular formula is C39H43N5O2. The van der Waals surface area contributed by atoms with Gasteiger partial charge in [0.25, 0.3) is 5.91 Å². The molecule has 3 aromatic heterocycles. The lowest BCUT2D eigenvalue weighted by atomic mass is 9.75. The maximum absolute atomic E-state index is 14.0. The van der Waals surface area contributed by atoms with Gasteiger partial charge in [-0.2, -0.15) is 0 Å². The molecule has 3 heterocycles. The summed E-state index contributed by atoms with van der Waals surface area (Å²) in [5, 5.41) is 14.4. The highest BCUT2D eigenvalue weighted by molar-refractivity contribution is 6.01. The van der Waals surface area contributed by atoms with E-state index in [0.717, 1.165) is 58.6 Å². The SMILES string of the molecule is C=C(O)/C(C)=C/c1ccc2nc(C3(NC(=O)c4ccc5c(C6CCCC6)c(-c6ccc(C)nc6C)n(C)c5c4)CCC3)n(C)c2c1. The highest BCUT2D eigenvalue weighted by Crippen LogP contribution is 2.46. The summed E-state index contributed by atoms with van der Waals surface area (Å²) < 4.78 is 4.39. The van der Waals surface area contributed by atoms with Crippen LogP contribution in [-0.2, 0) is 19.6 Å². The summed E-state index contributed by atoms with van der Waals surface area (Å²) in [5.41, 5.74) is 10.6. The lowest BCUT2D eigenvalue weighted by Gasteiger charge is -2.41. The zero-order valence-electron chi connectivity index (χ0n) is 27.6. The number of nitrogens with one attached hydrogen (secondary N) is 1. The molecule has 0 radical (unpaired) electrons. The van der Waals surface area contributed by atoms with Crippen molar-refractivity contribution in [3.8, 4) is 11.3 Å². The molecule has 0 bridgehead atoms. The van der Waals surface area contributed by atoms with Crippen LogP contribution < -0.4 is 5.32 Å². The fraction of sp³-hybridized carbons (Fsp3) is 0.359. The summed E-state index contributed by atoms with van der Waals surface area (Å²) in [4.78, 5) is 23.9. The number of nitrogens with zero attached hydrogens (tertiary/aromatic N) is 4. The molecule has 2 aliphatic carbocycles. The van der Waals surface area contributed by atoms with Crippen molar-refractivity contribution in [1.29, 1.82) is 0 Å². The van der Waals surface area contributed by atoms with E-state index in [-0.39, 0.29) is 11.7 Å². The third-order valence-electron chi connectivity index (χ3n) is 10.5. The number of benzene rings is 2. The molecule has 2 aliphatic rings. The molecule has 2 aromatic carbocycles. The van der Waals surface area contributed by atoms with E-state index in [1.54, 1.807) is 0 Å². The number of aromatic nitrogens is 4. The van der Waals surface area contributed by atoms with Crippen LogP contribution in [0.15, 0.2) is 66.4 Å². The number of aliphatic hydroxyl groups is 1. The first-order valence-corrected chi connectivity index (χ1v) is 16.5. The van der Waals surface area contributed by atoms with Gasteiger partial charge in [0.2, 0.25) is 0 Å². The predicted molar refractivity (Wildman–Crippen MR) is 186 cm³/mol. The van der Waals surface area contributed by atoms with Crippen LogP contribution in [-0.4, -0.2) is 30.1 Å². The lowest BCUT2D eigenvalue weighted by molar-refractivity contribution is 0.0805. The maximum Gasteiger partial charge on any atom is 0.252 e. The van der Waals surface area contributed by atoms with Crippen molar-refractivity contribution < 1.29 is 9.90 Å². The fourth-order valence-electron chi connectivity index (χ4n) is 7.78. The number of hydrogen-bond donors (Lipinski definition) is 2. The van der Waals surface area contributed by atoms with Gasteiger partial charge in [0.1, 0.15) is 11.6 Å². The van der Waals surface area contributed by atoms with E-state index in [0.29, 0.717) is 17.1 Å². The number of pyridine rings is 1. The Bertz CT molecular complexity index is 2070. The minimum atomic E-state index is -0.524. The Balaban J connectivity index is 1.25. The number of rotatable bonds is 7. The molecule has 0 spiro atoms. The van der Waals surface area contributed by atoms with Crippen LogP contribution in [0.3, 0.4) is 0 Å². The number of imidazole rings is 1. The largest absolute Gasteiger partial charge is 0.508 e. The van der Waals surface area contributed by atoms with Crippen molar-refractivity contribution in [1.82, 2.24) is 24.4 Å². The van der Waals surface area contributed by atoms with Gasteiger partial charge in [-0.05, 0) is 118 Å². The first kappa shape index (κ1) is 30.0. The number of hydrogen-bond acceptors (Lipinski definition) is 4. The summed E-state index contributed by atoms with van der Waals surface area (Å²) in [6.45, 7) is 9.60. The molecule has 5 aromatic rings. The van der Waals surface area contributed by atoms with Gasteiger partial charge in [-0.1, -0.05) is 31.6 Å². The monoisotopic (exact) mass is 613 g/mol. The highest BCUT2D eigenvalue weighted by atomic mass is 16.3. The summed E-state index contributed by atoms with van der Waals surface area (Å²) in [7, 11) is 4.15. The van der Waals surface area contributed by atoms with E-state index in [1.807, 2.05) is 45.2 Å². The minimum Gasteiger partial charge on any atom is -0.508 e. The topological polar surface area (TPSA) is 85.0 Å². The molecule has 2 saturated carbocycles. The van der Waals surface area contributed by atoms with E-state index in [1.165, 1.54) is 47.9 Å². The van der Waals surface area contributed by atoms with Crippen molar-refractivity contribution in [2.45, 2.75) is 77.2 Å². The molecular weight excluding hydrogens is 570 g/mol. The predicted octanol–water partition coefficient (Wildman–Crippen LogP) is 8.69. The average Bonchev–Trinajstić information content (AvgIpc) is 3.72. The van der Waals surface area contributed by atoms with Gasteiger partial charge in [-0.25, -0.2) is 4.98 Å². The Labute approximate surface area is 270 Å². The average molecular weight is 614 g/mol. The Morgan fingerprint density at radius 3 is 2.41 bits per heavy atom. The summed E-state index contributed by atoms with van der Waals surface area (Å²) in [5.74, 6) is 1.37. The molecule has 0 atom stereocenters. The van der Waals surface area contributed by atoms with Crippen molar-refractivity contribution >= 4 is 33.9 Å². The van der Waals surface area contributed by atoms with Crippen molar-refractivity contribution in [3.63, 3.8) is 0 Å².